The average Bonchev–Trinajstić information content (AvgIpc) is 3.23. The van der Waals surface area contributed by atoms with Gasteiger partial charge in [0.2, 0.25) is 0 Å². The highest BCUT2D eigenvalue weighted by atomic mass is 19.1. The fraction of sp³-hybridized carbons (Fsp3) is 0.318. The zero-order chi connectivity index (χ0) is 21.1. The van der Waals surface area contributed by atoms with Crippen LogP contribution in [-0.2, 0) is 6.61 Å². The molecule has 2 heterocycles. The Labute approximate surface area is 172 Å². The average molecular weight is 413 g/mol. The summed E-state index contributed by atoms with van der Waals surface area (Å²) in [5.74, 6) is -0.715. The van der Waals surface area contributed by atoms with E-state index in [0.717, 1.165) is 36.6 Å². The Hall–Kier alpha value is -3.29. The van der Waals surface area contributed by atoms with E-state index in [1.165, 1.54) is 4.90 Å². The van der Waals surface area contributed by atoms with E-state index in [2.05, 4.69) is 10.1 Å². The lowest BCUT2D eigenvalue weighted by molar-refractivity contribution is 0.0591. The second kappa shape index (κ2) is 8.61. The molecule has 1 atom stereocenters. The van der Waals surface area contributed by atoms with Gasteiger partial charge in [0.25, 0.3) is 11.8 Å². The van der Waals surface area contributed by atoms with Crippen LogP contribution in [-0.4, -0.2) is 27.5 Å². The first-order valence-electron chi connectivity index (χ1n) is 9.79. The van der Waals surface area contributed by atoms with E-state index in [4.69, 9.17) is 9.26 Å². The number of ether oxygens (including phenoxy) is 1. The van der Waals surface area contributed by atoms with E-state index in [0.29, 0.717) is 24.5 Å². The first kappa shape index (κ1) is 20.0. The van der Waals surface area contributed by atoms with Crippen molar-refractivity contribution >= 4 is 5.91 Å². The Morgan fingerprint density at radius 3 is 2.80 bits per heavy atom. The molecule has 1 aromatic heterocycles. The van der Waals surface area contributed by atoms with E-state index in [-0.39, 0.29) is 18.1 Å². The zero-order valence-corrected chi connectivity index (χ0v) is 16.5. The van der Waals surface area contributed by atoms with E-state index in [9.17, 15) is 13.6 Å². The third-order valence-corrected chi connectivity index (χ3v) is 5.09. The van der Waals surface area contributed by atoms with Crippen molar-refractivity contribution in [3.8, 4) is 5.75 Å². The molecule has 0 spiro atoms. The molecule has 156 valence electrons. The number of halogens is 2. The van der Waals surface area contributed by atoms with Gasteiger partial charge in [-0.3, -0.25) is 4.79 Å². The lowest BCUT2D eigenvalue weighted by Gasteiger charge is -2.33. The minimum absolute atomic E-state index is 0.0925. The quantitative estimate of drug-likeness (QED) is 0.611. The van der Waals surface area contributed by atoms with Crippen LogP contribution in [0.4, 0.5) is 8.78 Å². The Bertz CT molecular complexity index is 1040. The van der Waals surface area contributed by atoms with E-state index >= 15 is 0 Å². The van der Waals surface area contributed by atoms with Gasteiger partial charge in [-0.05, 0) is 56.5 Å². The predicted octanol–water partition coefficient (Wildman–Crippen LogP) is 4.60. The largest absolute Gasteiger partial charge is 0.484 e. The summed E-state index contributed by atoms with van der Waals surface area (Å²) in [7, 11) is 0. The summed E-state index contributed by atoms with van der Waals surface area (Å²) in [5, 5.41) is 4.00. The van der Waals surface area contributed by atoms with Crippen molar-refractivity contribution in [3.63, 3.8) is 0 Å². The molecule has 0 saturated carbocycles. The molecule has 2 aromatic carbocycles. The molecule has 6 nitrogen and oxygen atoms in total. The molecule has 8 heteroatoms. The first-order valence-corrected chi connectivity index (χ1v) is 9.79. The van der Waals surface area contributed by atoms with Crippen molar-refractivity contribution in [1.29, 1.82) is 0 Å². The number of likely N-dealkylation sites (tertiary alicyclic amines) is 1. The number of hydrogen-bond donors (Lipinski definition) is 0. The molecule has 0 N–H and O–H groups in total. The SMILES string of the molecule is Cc1ccc(OCc2nc(C3CCCCN3C(=O)c3cc(F)ccc3F)no2)cc1. The predicted molar refractivity (Wildman–Crippen MR) is 104 cm³/mol. The van der Waals surface area contributed by atoms with Crippen LogP contribution in [0.25, 0.3) is 0 Å². The number of rotatable bonds is 5. The molecule has 4 rings (SSSR count). The summed E-state index contributed by atoms with van der Waals surface area (Å²) >= 11 is 0. The lowest BCUT2D eigenvalue weighted by atomic mass is 10.00. The first-order chi connectivity index (χ1) is 14.5. The fourth-order valence-corrected chi connectivity index (χ4v) is 3.50. The van der Waals surface area contributed by atoms with Crippen LogP contribution in [0.15, 0.2) is 47.0 Å². The van der Waals surface area contributed by atoms with Gasteiger partial charge >= 0.3 is 0 Å². The molecule has 1 saturated heterocycles. The number of carbonyl (C=O) groups excluding carboxylic acids is 1. The van der Waals surface area contributed by atoms with Gasteiger partial charge in [-0.2, -0.15) is 4.98 Å². The summed E-state index contributed by atoms with van der Waals surface area (Å²) in [5.41, 5.74) is 0.826. The molecule has 3 aromatic rings. The van der Waals surface area contributed by atoms with Crippen molar-refractivity contribution in [2.45, 2.75) is 38.8 Å². The smallest absolute Gasteiger partial charge is 0.264 e. The van der Waals surface area contributed by atoms with Gasteiger partial charge in [-0.25, -0.2) is 8.78 Å². The molecular weight excluding hydrogens is 392 g/mol. The van der Waals surface area contributed by atoms with Gasteiger partial charge in [0, 0.05) is 6.54 Å². The maximum atomic E-state index is 14.1. The molecule has 0 aliphatic carbocycles. The number of hydrogen-bond acceptors (Lipinski definition) is 5. The van der Waals surface area contributed by atoms with Crippen molar-refractivity contribution in [1.82, 2.24) is 15.0 Å². The highest BCUT2D eigenvalue weighted by molar-refractivity contribution is 5.94. The molecular formula is C22H21F2N3O3. The summed E-state index contributed by atoms with van der Waals surface area (Å²) in [4.78, 5) is 18.8. The van der Waals surface area contributed by atoms with Crippen LogP contribution in [0.1, 0.15) is 52.9 Å². The van der Waals surface area contributed by atoms with Crippen LogP contribution in [0.3, 0.4) is 0 Å². The molecule has 1 unspecified atom stereocenters. The third-order valence-electron chi connectivity index (χ3n) is 5.09. The Balaban J connectivity index is 1.49. The van der Waals surface area contributed by atoms with Crippen LogP contribution in [0, 0.1) is 18.6 Å². The van der Waals surface area contributed by atoms with E-state index in [1.807, 2.05) is 31.2 Å². The Morgan fingerprint density at radius 1 is 1.20 bits per heavy atom. The number of carbonyl (C=O) groups is 1. The minimum atomic E-state index is -0.758. The molecule has 1 fully saturated rings. The normalized spacial score (nSPS) is 16.5. The lowest BCUT2D eigenvalue weighted by Crippen LogP contribution is -2.39. The van der Waals surface area contributed by atoms with Gasteiger partial charge in [-0.15, -0.1) is 0 Å². The molecule has 0 radical (unpaired) electrons. The van der Waals surface area contributed by atoms with Gasteiger partial charge in [0.05, 0.1) is 11.6 Å². The number of aryl methyl sites for hydroxylation is 1. The van der Waals surface area contributed by atoms with Gasteiger partial charge in [0.1, 0.15) is 17.4 Å². The van der Waals surface area contributed by atoms with Crippen molar-refractivity contribution < 1.29 is 22.8 Å². The molecule has 30 heavy (non-hydrogen) atoms. The number of amides is 1. The highest BCUT2D eigenvalue weighted by Gasteiger charge is 2.33. The van der Waals surface area contributed by atoms with Crippen molar-refractivity contribution in [2.75, 3.05) is 6.54 Å². The van der Waals surface area contributed by atoms with Gasteiger partial charge < -0.3 is 14.2 Å². The van der Waals surface area contributed by atoms with Gasteiger partial charge in [0.15, 0.2) is 12.4 Å². The van der Waals surface area contributed by atoms with E-state index < -0.39 is 23.6 Å². The fourth-order valence-electron chi connectivity index (χ4n) is 3.50. The standard InChI is InChI=1S/C22H21F2N3O3/c1-14-5-8-16(9-6-14)29-13-20-25-21(26-30-20)19-4-2-3-11-27(19)22(28)17-12-15(23)7-10-18(17)24/h5-10,12,19H,2-4,11,13H2,1H3. The number of piperidine rings is 1. The van der Waals surface area contributed by atoms with Crippen LogP contribution < -0.4 is 4.74 Å². The van der Waals surface area contributed by atoms with Crippen molar-refractivity contribution in [2.24, 2.45) is 0 Å². The summed E-state index contributed by atoms with van der Waals surface area (Å²) in [6.07, 6.45) is 2.24. The van der Waals surface area contributed by atoms with E-state index in [1.54, 1.807) is 0 Å². The summed E-state index contributed by atoms with van der Waals surface area (Å²) in [6.45, 7) is 2.49. The summed E-state index contributed by atoms with van der Waals surface area (Å²) in [6, 6.07) is 9.96. The summed E-state index contributed by atoms with van der Waals surface area (Å²) < 4.78 is 38.6. The Kier molecular flexibility index (Phi) is 5.74. The minimum Gasteiger partial charge on any atom is -0.484 e. The van der Waals surface area contributed by atoms with Crippen LogP contribution in [0.2, 0.25) is 0 Å². The maximum Gasteiger partial charge on any atom is 0.264 e. The second-order valence-corrected chi connectivity index (χ2v) is 7.28. The highest BCUT2D eigenvalue weighted by Crippen LogP contribution is 2.31. The Morgan fingerprint density at radius 2 is 2.00 bits per heavy atom. The molecule has 0 bridgehead atoms. The molecule has 1 amide bonds. The second-order valence-electron chi connectivity index (χ2n) is 7.28. The van der Waals surface area contributed by atoms with Gasteiger partial charge in [-0.1, -0.05) is 22.9 Å². The number of benzene rings is 2. The van der Waals surface area contributed by atoms with Crippen LogP contribution >= 0.6 is 0 Å². The topological polar surface area (TPSA) is 68.5 Å². The molecule has 1 aliphatic rings. The monoisotopic (exact) mass is 413 g/mol. The number of nitrogens with zero attached hydrogens (tertiary/aromatic N) is 3. The van der Waals surface area contributed by atoms with Crippen LogP contribution in [0.5, 0.6) is 5.75 Å². The third kappa shape index (κ3) is 4.32. The van der Waals surface area contributed by atoms with Crippen molar-refractivity contribution in [3.05, 3.63) is 76.9 Å². The maximum absolute atomic E-state index is 14.1. The number of aromatic nitrogens is 2. The zero-order valence-electron chi connectivity index (χ0n) is 16.5. The molecule has 1 aliphatic heterocycles.